The minimum absolute atomic E-state index is 0.0825. The Kier molecular flexibility index (Phi) is 6.13. The van der Waals surface area contributed by atoms with Crippen molar-refractivity contribution in [2.75, 3.05) is 19.8 Å². The van der Waals surface area contributed by atoms with Crippen LogP contribution < -0.4 is 15.6 Å². The van der Waals surface area contributed by atoms with E-state index in [0.717, 1.165) is 30.8 Å². The Balaban J connectivity index is 1.43. The van der Waals surface area contributed by atoms with Gasteiger partial charge in [0.1, 0.15) is 11.3 Å². The zero-order chi connectivity index (χ0) is 20.9. The molecule has 0 bridgehead atoms. The topological polar surface area (TPSA) is 86.9 Å². The Morgan fingerprint density at radius 1 is 1.30 bits per heavy atom. The number of nitrogens with one attached hydrogen (secondary N) is 1. The normalized spacial score (nSPS) is 16.1. The molecule has 1 unspecified atom stereocenters. The first-order chi connectivity index (χ1) is 14.6. The van der Waals surface area contributed by atoms with Crippen LogP contribution in [-0.4, -0.2) is 46.0 Å². The van der Waals surface area contributed by atoms with Crippen molar-refractivity contribution in [3.63, 3.8) is 0 Å². The van der Waals surface area contributed by atoms with Gasteiger partial charge in [0.2, 0.25) is 5.91 Å². The molecule has 4 rings (SSSR count). The molecule has 30 heavy (non-hydrogen) atoms. The lowest BCUT2D eigenvalue weighted by molar-refractivity contribution is -0.121. The summed E-state index contributed by atoms with van der Waals surface area (Å²) in [6, 6.07) is 9.38. The lowest BCUT2D eigenvalue weighted by Gasteiger charge is -2.11. The quantitative estimate of drug-likeness (QED) is 0.616. The van der Waals surface area contributed by atoms with Crippen molar-refractivity contribution in [1.29, 1.82) is 0 Å². The number of fused-ring (bicyclic) bond motifs is 1. The van der Waals surface area contributed by atoms with Gasteiger partial charge in [0.15, 0.2) is 0 Å². The maximum atomic E-state index is 12.8. The fourth-order valence-corrected chi connectivity index (χ4v) is 3.58. The van der Waals surface area contributed by atoms with E-state index in [1.807, 2.05) is 31.2 Å². The van der Waals surface area contributed by atoms with E-state index in [4.69, 9.17) is 9.47 Å². The zero-order valence-electron chi connectivity index (χ0n) is 17.0. The highest BCUT2D eigenvalue weighted by Crippen LogP contribution is 2.22. The number of carbonyl (C=O) groups is 1. The number of benzene rings is 1. The third-order valence-corrected chi connectivity index (χ3v) is 5.20. The summed E-state index contributed by atoms with van der Waals surface area (Å²) in [5.74, 6) is 0.714. The van der Waals surface area contributed by atoms with Crippen LogP contribution in [0.25, 0.3) is 16.8 Å². The third kappa shape index (κ3) is 4.54. The van der Waals surface area contributed by atoms with Crippen LogP contribution in [0.1, 0.15) is 26.2 Å². The summed E-state index contributed by atoms with van der Waals surface area (Å²) in [6.45, 7) is 4.16. The SMILES string of the molecule is CCOc1ccc(-c2cc3c(=O)n(CCC(=O)NCC4CCCO4)ccn3n2)cc1. The van der Waals surface area contributed by atoms with Crippen LogP contribution in [0.15, 0.2) is 47.5 Å². The Hall–Kier alpha value is -3.13. The molecule has 158 valence electrons. The second kappa shape index (κ2) is 9.13. The first-order valence-corrected chi connectivity index (χ1v) is 10.3. The zero-order valence-corrected chi connectivity index (χ0v) is 17.0. The number of aryl methyl sites for hydroxylation is 1. The van der Waals surface area contributed by atoms with E-state index in [9.17, 15) is 9.59 Å². The Morgan fingerprint density at radius 3 is 2.87 bits per heavy atom. The second-order valence-corrected chi connectivity index (χ2v) is 7.30. The van der Waals surface area contributed by atoms with Crippen molar-refractivity contribution in [1.82, 2.24) is 19.5 Å². The van der Waals surface area contributed by atoms with Crippen LogP contribution in [-0.2, 0) is 16.1 Å². The van der Waals surface area contributed by atoms with Gasteiger partial charge in [-0.15, -0.1) is 0 Å². The Bertz CT molecular complexity index is 1060. The van der Waals surface area contributed by atoms with E-state index in [0.29, 0.717) is 30.9 Å². The van der Waals surface area contributed by atoms with E-state index < -0.39 is 0 Å². The van der Waals surface area contributed by atoms with Crippen molar-refractivity contribution < 1.29 is 14.3 Å². The molecule has 1 N–H and O–H groups in total. The summed E-state index contributed by atoms with van der Waals surface area (Å²) in [7, 11) is 0. The largest absolute Gasteiger partial charge is 0.494 e. The van der Waals surface area contributed by atoms with Crippen LogP contribution in [0.3, 0.4) is 0 Å². The standard InChI is InChI=1S/C22H26N4O4/c1-2-29-17-7-5-16(6-8-17)19-14-20-22(28)25(11-12-26(20)24-19)10-9-21(27)23-15-18-4-3-13-30-18/h5-8,11-12,14,18H,2-4,9-10,13,15H2,1H3,(H,23,27). The molecule has 1 saturated heterocycles. The highest BCUT2D eigenvalue weighted by atomic mass is 16.5. The highest BCUT2D eigenvalue weighted by Gasteiger charge is 2.16. The number of hydrogen-bond donors (Lipinski definition) is 1. The van der Waals surface area contributed by atoms with Crippen LogP contribution >= 0.6 is 0 Å². The van der Waals surface area contributed by atoms with E-state index in [2.05, 4.69) is 10.4 Å². The molecule has 0 radical (unpaired) electrons. The molecule has 1 amide bonds. The molecule has 3 heterocycles. The van der Waals surface area contributed by atoms with Gasteiger partial charge in [0, 0.05) is 44.1 Å². The monoisotopic (exact) mass is 410 g/mol. The Labute approximate surface area is 174 Å². The van der Waals surface area contributed by atoms with Gasteiger partial charge in [-0.25, -0.2) is 4.52 Å². The van der Waals surface area contributed by atoms with Gasteiger partial charge in [-0.1, -0.05) is 0 Å². The molecule has 8 nitrogen and oxygen atoms in total. The number of carbonyl (C=O) groups excluding carboxylic acids is 1. The molecule has 1 fully saturated rings. The maximum absolute atomic E-state index is 12.8. The minimum Gasteiger partial charge on any atom is -0.494 e. The molecule has 0 aliphatic carbocycles. The van der Waals surface area contributed by atoms with Gasteiger partial charge in [-0.05, 0) is 50.1 Å². The summed E-state index contributed by atoms with van der Waals surface area (Å²) in [5.41, 5.74) is 1.92. The lowest BCUT2D eigenvalue weighted by atomic mass is 10.1. The average Bonchev–Trinajstić information content (AvgIpc) is 3.43. The predicted molar refractivity (Wildman–Crippen MR) is 113 cm³/mol. The van der Waals surface area contributed by atoms with Crippen molar-refractivity contribution in [2.24, 2.45) is 0 Å². The number of nitrogens with zero attached hydrogens (tertiary/aromatic N) is 3. The summed E-state index contributed by atoms with van der Waals surface area (Å²) in [5, 5.41) is 7.38. The van der Waals surface area contributed by atoms with Crippen molar-refractivity contribution >= 4 is 11.4 Å². The Morgan fingerprint density at radius 2 is 2.13 bits per heavy atom. The summed E-state index contributed by atoms with van der Waals surface area (Å²) < 4.78 is 14.1. The first kappa shape index (κ1) is 20.2. The molecule has 1 aliphatic heterocycles. The second-order valence-electron chi connectivity index (χ2n) is 7.30. The summed E-state index contributed by atoms with van der Waals surface area (Å²) in [6.07, 6.45) is 5.77. The van der Waals surface area contributed by atoms with Crippen LogP contribution in [0.5, 0.6) is 5.75 Å². The average molecular weight is 410 g/mol. The molecule has 1 atom stereocenters. The van der Waals surface area contributed by atoms with Gasteiger partial charge in [0.05, 0.1) is 18.4 Å². The molecule has 1 aliphatic rings. The van der Waals surface area contributed by atoms with E-state index in [-0.39, 0.29) is 24.0 Å². The molecule has 3 aromatic rings. The van der Waals surface area contributed by atoms with Crippen LogP contribution in [0.4, 0.5) is 0 Å². The fraction of sp³-hybridized carbons (Fsp3) is 0.409. The number of ether oxygens (including phenoxy) is 2. The molecule has 1 aromatic carbocycles. The highest BCUT2D eigenvalue weighted by molar-refractivity contribution is 5.75. The molecular formula is C22H26N4O4. The van der Waals surface area contributed by atoms with Crippen LogP contribution in [0, 0.1) is 0 Å². The van der Waals surface area contributed by atoms with Gasteiger partial charge in [0.25, 0.3) is 5.56 Å². The van der Waals surface area contributed by atoms with Gasteiger partial charge in [-0.3, -0.25) is 9.59 Å². The lowest BCUT2D eigenvalue weighted by Crippen LogP contribution is -2.33. The van der Waals surface area contributed by atoms with Crippen molar-refractivity contribution in [3.8, 4) is 17.0 Å². The van der Waals surface area contributed by atoms with Gasteiger partial charge < -0.3 is 19.4 Å². The molecule has 0 saturated carbocycles. The predicted octanol–water partition coefficient (Wildman–Crippen LogP) is 2.25. The van der Waals surface area contributed by atoms with Crippen molar-refractivity contribution in [2.45, 2.75) is 38.8 Å². The fourth-order valence-electron chi connectivity index (χ4n) is 3.58. The minimum atomic E-state index is -0.172. The number of hydrogen-bond acceptors (Lipinski definition) is 5. The van der Waals surface area contributed by atoms with Gasteiger partial charge in [-0.2, -0.15) is 5.10 Å². The van der Waals surface area contributed by atoms with E-state index >= 15 is 0 Å². The molecular weight excluding hydrogens is 384 g/mol. The van der Waals surface area contributed by atoms with Crippen molar-refractivity contribution in [3.05, 3.63) is 53.1 Å². The summed E-state index contributed by atoms with van der Waals surface area (Å²) in [4.78, 5) is 24.9. The smallest absolute Gasteiger partial charge is 0.276 e. The third-order valence-electron chi connectivity index (χ3n) is 5.20. The number of rotatable bonds is 8. The maximum Gasteiger partial charge on any atom is 0.276 e. The van der Waals surface area contributed by atoms with Crippen LogP contribution in [0.2, 0.25) is 0 Å². The first-order valence-electron chi connectivity index (χ1n) is 10.3. The van der Waals surface area contributed by atoms with E-state index in [1.165, 1.54) is 0 Å². The molecule has 0 spiro atoms. The molecule has 2 aromatic heterocycles. The van der Waals surface area contributed by atoms with Gasteiger partial charge >= 0.3 is 0 Å². The number of amides is 1. The van der Waals surface area contributed by atoms with E-state index in [1.54, 1.807) is 27.5 Å². The summed E-state index contributed by atoms with van der Waals surface area (Å²) >= 11 is 0. The molecule has 8 heteroatoms. The number of aromatic nitrogens is 3.